The molecule has 0 aliphatic carbocycles. The van der Waals surface area contributed by atoms with E-state index >= 15 is 0 Å². The van der Waals surface area contributed by atoms with E-state index in [2.05, 4.69) is 20.4 Å². The Bertz CT molecular complexity index is 89.6. The van der Waals surface area contributed by atoms with Gasteiger partial charge in [-0.25, -0.2) is 0 Å². The maximum atomic E-state index is 5.28. The van der Waals surface area contributed by atoms with Crippen molar-refractivity contribution < 1.29 is 9.47 Å². The predicted octanol–water partition coefficient (Wildman–Crippen LogP) is 1.86. The molecule has 0 rings (SSSR count). The summed E-state index contributed by atoms with van der Waals surface area (Å²) in [6.45, 7) is 10.6. The van der Waals surface area contributed by atoms with Gasteiger partial charge in [0, 0.05) is 6.61 Å². The monoisotopic (exact) mass is 158 g/mol. The van der Waals surface area contributed by atoms with Crippen LogP contribution in [0.25, 0.3) is 0 Å². The minimum atomic E-state index is 0.606. The molecule has 0 saturated carbocycles. The van der Waals surface area contributed by atoms with Gasteiger partial charge in [-0.15, -0.1) is 6.58 Å². The molecule has 0 N–H and O–H groups in total. The van der Waals surface area contributed by atoms with Crippen molar-refractivity contribution in [2.45, 2.75) is 13.8 Å². The lowest BCUT2D eigenvalue weighted by molar-refractivity contribution is 0.0469. The Morgan fingerprint density at radius 3 is 2.45 bits per heavy atom. The van der Waals surface area contributed by atoms with Gasteiger partial charge in [0.15, 0.2) is 0 Å². The van der Waals surface area contributed by atoms with Crippen LogP contribution in [0, 0.1) is 5.92 Å². The van der Waals surface area contributed by atoms with Gasteiger partial charge in [-0.1, -0.05) is 19.9 Å². The average Bonchev–Trinajstić information content (AvgIpc) is 1.96. The Balaban J connectivity index is 2.85. The second-order valence-corrected chi connectivity index (χ2v) is 2.83. The molecule has 0 aliphatic rings. The van der Waals surface area contributed by atoms with Gasteiger partial charge in [0.25, 0.3) is 0 Å². The van der Waals surface area contributed by atoms with E-state index in [9.17, 15) is 0 Å². The molecule has 0 amide bonds. The van der Waals surface area contributed by atoms with Crippen molar-refractivity contribution in [3.8, 4) is 0 Å². The van der Waals surface area contributed by atoms with Crippen LogP contribution in [0.4, 0.5) is 0 Å². The van der Waals surface area contributed by atoms with E-state index in [0.717, 1.165) is 6.61 Å². The van der Waals surface area contributed by atoms with Crippen LogP contribution >= 0.6 is 0 Å². The molecule has 0 spiro atoms. The standard InChI is InChI=1S/C9H18O2/c1-4-5-10-6-7-11-8-9(2)3/h4,9H,1,5-8H2,2-3H3. The largest absolute Gasteiger partial charge is 0.379 e. The number of ether oxygens (including phenoxy) is 2. The highest BCUT2D eigenvalue weighted by atomic mass is 16.5. The Labute approximate surface area is 69.2 Å². The molecule has 0 bridgehead atoms. The fraction of sp³-hybridized carbons (Fsp3) is 0.778. The molecular weight excluding hydrogens is 140 g/mol. The molecule has 0 fully saturated rings. The van der Waals surface area contributed by atoms with Crippen molar-refractivity contribution >= 4 is 0 Å². The third-order valence-electron chi connectivity index (χ3n) is 1.06. The zero-order valence-electron chi connectivity index (χ0n) is 7.51. The van der Waals surface area contributed by atoms with Gasteiger partial charge < -0.3 is 9.47 Å². The summed E-state index contributed by atoms with van der Waals surface area (Å²) in [7, 11) is 0. The van der Waals surface area contributed by atoms with Gasteiger partial charge in [-0.05, 0) is 5.92 Å². The van der Waals surface area contributed by atoms with E-state index in [1.54, 1.807) is 6.08 Å². The summed E-state index contributed by atoms with van der Waals surface area (Å²) < 4.78 is 10.4. The first-order valence-electron chi connectivity index (χ1n) is 4.03. The topological polar surface area (TPSA) is 18.5 Å². The summed E-state index contributed by atoms with van der Waals surface area (Å²) in [6.07, 6.45) is 1.74. The van der Waals surface area contributed by atoms with Crippen LogP contribution in [0.15, 0.2) is 12.7 Å². The van der Waals surface area contributed by atoms with Crippen LogP contribution in [0.3, 0.4) is 0 Å². The van der Waals surface area contributed by atoms with Crippen molar-refractivity contribution in [3.63, 3.8) is 0 Å². The second-order valence-electron chi connectivity index (χ2n) is 2.83. The molecule has 0 aliphatic heterocycles. The van der Waals surface area contributed by atoms with Gasteiger partial charge in [0.1, 0.15) is 0 Å². The first-order chi connectivity index (χ1) is 5.27. The van der Waals surface area contributed by atoms with Gasteiger partial charge >= 0.3 is 0 Å². The highest BCUT2D eigenvalue weighted by Gasteiger charge is 1.92. The van der Waals surface area contributed by atoms with E-state index in [4.69, 9.17) is 9.47 Å². The lowest BCUT2D eigenvalue weighted by Crippen LogP contribution is -2.08. The van der Waals surface area contributed by atoms with Crippen LogP contribution in [0.1, 0.15) is 13.8 Å². The Morgan fingerprint density at radius 1 is 1.27 bits per heavy atom. The molecule has 0 aromatic rings. The normalized spacial score (nSPS) is 10.5. The Morgan fingerprint density at radius 2 is 1.91 bits per heavy atom. The van der Waals surface area contributed by atoms with Crippen molar-refractivity contribution in [2.75, 3.05) is 26.4 Å². The van der Waals surface area contributed by atoms with E-state index in [-0.39, 0.29) is 0 Å². The van der Waals surface area contributed by atoms with Crippen LogP contribution in [0.5, 0.6) is 0 Å². The van der Waals surface area contributed by atoms with Crippen molar-refractivity contribution in [1.29, 1.82) is 0 Å². The molecule has 0 atom stereocenters. The molecule has 2 heteroatoms. The number of hydrogen-bond donors (Lipinski definition) is 0. The Kier molecular flexibility index (Phi) is 7.52. The lowest BCUT2D eigenvalue weighted by atomic mass is 10.2. The zero-order valence-corrected chi connectivity index (χ0v) is 7.51. The summed E-state index contributed by atoms with van der Waals surface area (Å²) in [4.78, 5) is 0. The van der Waals surface area contributed by atoms with Crippen molar-refractivity contribution in [3.05, 3.63) is 12.7 Å². The van der Waals surface area contributed by atoms with Crippen LogP contribution in [-0.2, 0) is 9.47 Å². The highest BCUT2D eigenvalue weighted by Crippen LogP contribution is 1.91. The lowest BCUT2D eigenvalue weighted by Gasteiger charge is -2.05. The minimum Gasteiger partial charge on any atom is -0.379 e. The molecule has 0 aromatic heterocycles. The van der Waals surface area contributed by atoms with Crippen molar-refractivity contribution in [1.82, 2.24) is 0 Å². The molecular formula is C9H18O2. The fourth-order valence-electron chi connectivity index (χ4n) is 0.604. The summed E-state index contributed by atoms with van der Waals surface area (Å²) in [5.41, 5.74) is 0. The first kappa shape index (κ1) is 10.7. The molecule has 0 radical (unpaired) electrons. The zero-order chi connectivity index (χ0) is 8.53. The predicted molar refractivity (Wildman–Crippen MR) is 46.7 cm³/mol. The van der Waals surface area contributed by atoms with Crippen LogP contribution in [0.2, 0.25) is 0 Å². The second kappa shape index (κ2) is 7.76. The SMILES string of the molecule is C=CCOCCOCC(C)C. The van der Waals surface area contributed by atoms with Gasteiger partial charge in [-0.3, -0.25) is 0 Å². The average molecular weight is 158 g/mol. The number of hydrogen-bond acceptors (Lipinski definition) is 2. The molecule has 11 heavy (non-hydrogen) atoms. The third-order valence-corrected chi connectivity index (χ3v) is 1.06. The summed E-state index contributed by atoms with van der Waals surface area (Å²) in [6, 6.07) is 0. The van der Waals surface area contributed by atoms with E-state index in [1.807, 2.05) is 0 Å². The smallest absolute Gasteiger partial charge is 0.0704 e. The van der Waals surface area contributed by atoms with E-state index in [1.165, 1.54) is 0 Å². The van der Waals surface area contributed by atoms with Gasteiger partial charge in [0.05, 0.1) is 19.8 Å². The fourth-order valence-corrected chi connectivity index (χ4v) is 0.604. The van der Waals surface area contributed by atoms with Crippen LogP contribution < -0.4 is 0 Å². The van der Waals surface area contributed by atoms with Crippen LogP contribution in [-0.4, -0.2) is 26.4 Å². The van der Waals surface area contributed by atoms with E-state index < -0.39 is 0 Å². The molecule has 0 aromatic carbocycles. The minimum absolute atomic E-state index is 0.606. The Hall–Kier alpha value is -0.340. The first-order valence-corrected chi connectivity index (χ1v) is 4.03. The quantitative estimate of drug-likeness (QED) is 0.416. The maximum absolute atomic E-state index is 5.28. The van der Waals surface area contributed by atoms with Crippen molar-refractivity contribution in [2.24, 2.45) is 5.92 Å². The van der Waals surface area contributed by atoms with E-state index in [0.29, 0.717) is 25.7 Å². The molecule has 0 unspecified atom stereocenters. The maximum Gasteiger partial charge on any atom is 0.0704 e. The molecule has 2 nitrogen and oxygen atoms in total. The molecule has 0 heterocycles. The number of rotatable bonds is 7. The highest BCUT2D eigenvalue weighted by molar-refractivity contribution is 4.63. The third kappa shape index (κ3) is 9.66. The summed E-state index contributed by atoms with van der Waals surface area (Å²) in [5.74, 6) is 0.606. The molecule has 0 saturated heterocycles. The summed E-state index contributed by atoms with van der Waals surface area (Å²) in [5, 5.41) is 0. The summed E-state index contributed by atoms with van der Waals surface area (Å²) >= 11 is 0. The van der Waals surface area contributed by atoms with Gasteiger partial charge in [0.2, 0.25) is 0 Å². The molecule has 66 valence electrons. The van der Waals surface area contributed by atoms with Gasteiger partial charge in [-0.2, -0.15) is 0 Å².